The van der Waals surface area contributed by atoms with Crippen molar-refractivity contribution in [1.29, 1.82) is 0 Å². The summed E-state index contributed by atoms with van der Waals surface area (Å²) in [7, 11) is 0. The number of phenols is 1. The number of hydrogen-bond donors (Lipinski definition) is 3. The molecule has 1 atom stereocenters. The summed E-state index contributed by atoms with van der Waals surface area (Å²) in [5.74, 6) is 5.99. The molecule has 122 valence electrons. The Morgan fingerprint density at radius 1 is 1.25 bits per heavy atom. The molecule has 4 nitrogen and oxygen atoms in total. The third kappa shape index (κ3) is 3.27. The zero-order valence-electron chi connectivity index (χ0n) is 13.5. The van der Waals surface area contributed by atoms with Crippen molar-refractivity contribution in [1.82, 2.24) is 0 Å². The highest BCUT2D eigenvalue weighted by molar-refractivity contribution is 5.95. The van der Waals surface area contributed by atoms with Crippen molar-refractivity contribution in [2.24, 2.45) is 0 Å². The van der Waals surface area contributed by atoms with E-state index in [1.165, 1.54) is 0 Å². The molecular weight excluding hydrogens is 302 g/mol. The molecule has 24 heavy (non-hydrogen) atoms. The Morgan fingerprint density at radius 2 is 2.00 bits per heavy atom. The Labute approximate surface area is 141 Å². The first-order chi connectivity index (χ1) is 11.6. The molecule has 0 radical (unpaired) electrons. The molecule has 0 saturated heterocycles. The minimum atomic E-state index is -0.0532. The van der Waals surface area contributed by atoms with E-state index in [0.29, 0.717) is 18.5 Å². The van der Waals surface area contributed by atoms with Crippen LogP contribution >= 0.6 is 0 Å². The first kappa shape index (κ1) is 16.1. The Hall–Kier alpha value is -2.77. The number of rotatable bonds is 2. The zero-order valence-corrected chi connectivity index (χ0v) is 13.5. The summed E-state index contributed by atoms with van der Waals surface area (Å²) in [6.45, 7) is 1.91. The number of phenolic OH excluding ortho intramolecular Hbond substituents is 1. The van der Waals surface area contributed by atoms with Gasteiger partial charge in [0.25, 0.3) is 0 Å². The SMILES string of the molecule is Cc1cc2c(cc1O)NC(=O)C[C@@H]2c1ccc(C#CCCO)cc1. The number of aryl methyl sites for hydroxylation is 1. The average Bonchev–Trinajstić information content (AvgIpc) is 2.57. The minimum absolute atomic E-state index is 0.0347. The molecule has 0 aromatic heterocycles. The van der Waals surface area contributed by atoms with Crippen LogP contribution in [0.1, 0.15) is 41.0 Å². The van der Waals surface area contributed by atoms with Gasteiger partial charge in [0.2, 0.25) is 5.91 Å². The lowest BCUT2D eigenvalue weighted by molar-refractivity contribution is -0.116. The van der Waals surface area contributed by atoms with Crippen LogP contribution in [0.2, 0.25) is 0 Å². The highest BCUT2D eigenvalue weighted by Crippen LogP contribution is 2.39. The third-order valence-corrected chi connectivity index (χ3v) is 4.19. The molecule has 0 aliphatic carbocycles. The van der Waals surface area contributed by atoms with Crippen LogP contribution in [0.3, 0.4) is 0 Å². The molecule has 2 aromatic carbocycles. The first-order valence-corrected chi connectivity index (χ1v) is 7.91. The van der Waals surface area contributed by atoms with Crippen molar-refractivity contribution >= 4 is 11.6 Å². The molecule has 0 saturated carbocycles. The fourth-order valence-electron chi connectivity index (χ4n) is 2.93. The Balaban J connectivity index is 1.94. The van der Waals surface area contributed by atoms with Crippen molar-refractivity contribution in [2.45, 2.75) is 25.7 Å². The summed E-state index contributed by atoms with van der Waals surface area (Å²) in [6, 6.07) is 11.4. The summed E-state index contributed by atoms with van der Waals surface area (Å²) < 4.78 is 0. The van der Waals surface area contributed by atoms with Gasteiger partial charge >= 0.3 is 0 Å². The predicted octanol–water partition coefficient (Wildman–Crippen LogP) is 2.91. The number of carbonyl (C=O) groups excluding carboxylic acids is 1. The van der Waals surface area contributed by atoms with Crippen molar-refractivity contribution in [3.05, 3.63) is 58.7 Å². The first-order valence-electron chi connectivity index (χ1n) is 7.91. The van der Waals surface area contributed by atoms with Crippen LogP contribution in [-0.4, -0.2) is 22.7 Å². The number of aliphatic hydroxyl groups is 1. The van der Waals surface area contributed by atoms with E-state index >= 15 is 0 Å². The zero-order chi connectivity index (χ0) is 17.1. The van der Waals surface area contributed by atoms with Crippen molar-refractivity contribution in [2.75, 3.05) is 11.9 Å². The second-order valence-electron chi connectivity index (χ2n) is 5.93. The molecule has 1 amide bonds. The number of fused-ring (bicyclic) bond motifs is 1. The molecule has 3 rings (SSSR count). The number of benzene rings is 2. The van der Waals surface area contributed by atoms with Crippen LogP contribution in [-0.2, 0) is 4.79 Å². The summed E-state index contributed by atoms with van der Waals surface area (Å²) in [6.07, 6.45) is 0.841. The molecule has 0 spiro atoms. The Bertz CT molecular complexity index is 828. The molecule has 3 N–H and O–H groups in total. The van der Waals surface area contributed by atoms with Gasteiger partial charge in [-0.1, -0.05) is 24.0 Å². The summed E-state index contributed by atoms with van der Waals surface area (Å²) in [5, 5.41) is 21.5. The summed E-state index contributed by atoms with van der Waals surface area (Å²) in [5.41, 5.74) is 4.41. The molecular formula is C20H19NO3. The maximum atomic E-state index is 12.0. The maximum absolute atomic E-state index is 12.0. The van der Waals surface area contributed by atoms with Crippen LogP contribution in [0.4, 0.5) is 5.69 Å². The Morgan fingerprint density at radius 3 is 2.71 bits per heavy atom. The number of hydrogen-bond acceptors (Lipinski definition) is 3. The summed E-state index contributed by atoms with van der Waals surface area (Å²) >= 11 is 0. The fourth-order valence-corrected chi connectivity index (χ4v) is 2.93. The van der Waals surface area contributed by atoms with E-state index in [1.54, 1.807) is 6.07 Å². The average molecular weight is 321 g/mol. The van der Waals surface area contributed by atoms with Gasteiger partial charge in [-0.05, 0) is 41.8 Å². The monoisotopic (exact) mass is 321 g/mol. The van der Waals surface area contributed by atoms with Gasteiger partial charge in [-0.2, -0.15) is 0 Å². The second kappa shape index (κ2) is 6.77. The Kier molecular flexibility index (Phi) is 4.54. The van der Waals surface area contributed by atoms with Gasteiger partial charge < -0.3 is 15.5 Å². The lowest BCUT2D eigenvalue weighted by Crippen LogP contribution is -2.23. The number of nitrogens with one attached hydrogen (secondary N) is 1. The predicted molar refractivity (Wildman–Crippen MR) is 93.0 cm³/mol. The lowest BCUT2D eigenvalue weighted by atomic mass is 9.83. The number of amides is 1. The van der Waals surface area contributed by atoms with E-state index in [1.807, 2.05) is 37.3 Å². The van der Waals surface area contributed by atoms with E-state index < -0.39 is 0 Å². The largest absolute Gasteiger partial charge is 0.508 e. The van der Waals surface area contributed by atoms with Gasteiger partial charge in [0.05, 0.1) is 6.61 Å². The number of aliphatic hydroxyl groups excluding tert-OH is 1. The minimum Gasteiger partial charge on any atom is -0.508 e. The highest BCUT2D eigenvalue weighted by Gasteiger charge is 2.27. The molecule has 0 fully saturated rings. The van der Waals surface area contributed by atoms with Gasteiger partial charge in [-0.25, -0.2) is 0 Å². The van der Waals surface area contributed by atoms with Crippen LogP contribution in [0.5, 0.6) is 5.75 Å². The molecule has 0 bridgehead atoms. The molecule has 2 aromatic rings. The van der Waals surface area contributed by atoms with E-state index in [2.05, 4.69) is 17.2 Å². The lowest BCUT2D eigenvalue weighted by Gasteiger charge is -2.26. The van der Waals surface area contributed by atoms with E-state index in [0.717, 1.165) is 22.3 Å². The van der Waals surface area contributed by atoms with E-state index in [9.17, 15) is 9.90 Å². The van der Waals surface area contributed by atoms with Gasteiger partial charge in [-0.15, -0.1) is 0 Å². The van der Waals surface area contributed by atoms with Crippen molar-refractivity contribution < 1.29 is 15.0 Å². The van der Waals surface area contributed by atoms with Gasteiger partial charge in [0, 0.05) is 36.1 Å². The highest BCUT2D eigenvalue weighted by atomic mass is 16.3. The second-order valence-corrected chi connectivity index (χ2v) is 5.93. The molecule has 4 heteroatoms. The topological polar surface area (TPSA) is 69.6 Å². The summed E-state index contributed by atoms with van der Waals surface area (Å²) in [4.78, 5) is 12.0. The van der Waals surface area contributed by atoms with Crippen molar-refractivity contribution in [3.63, 3.8) is 0 Å². The van der Waals surface area contributed by atoms with Crippen LogP contribution < -0.4 is 5.32 Å². The molecule has 1 aliphatic heterocycles. The third-order valence-electron chi connectivity index (χ3n) is 4.19. The number of carbonyl (C=O) groups is 1. The molecule has 1 aliphatic rings. The molecule has 0 unspecified atom stereocenters. The van der Waals surface area contributed by atoms with Crippen molar-refractivity contribution in [3.8, 4) is 17.6 Å². The van der Waals surface area contributed by atoms with Crippen LogP contribution in [0.15, 0.2) is 36.4 Å². The quantitative estimate of drug-likeness (QED) is 0.745. The fraction of sp³-hybridized carbons (Fsp3) is 0.250. The van der Waals surface area contributed by atoms with Crippen LogP contribution in [0, 0.1) is 18.8 Å². The van der Waals surface area contributed by atoms with Gasteiger partial charge in [-0.3, -0.25) is 4.79 Å². The number of aromatic hydroxyl groups is 1. The standard InChI is InChI=1S/C20H19NO3/c1-13-10-17-16(11-20(24)21-18(17)12-19(13)23)15-7-5-14(6-8-15)4-2-3-9-22/h5-8,10,12,16,22-23H,3,9,11H2,1H3,(H,21,24)/t16-/m1/s1. The molecule has 1 heterocycles. The normalized spacial score (nSPS) is 15.9. The van der Waals surface area contributed by atoms with Crippen LogP contribution in [0.25, 0.3) is 0 Å². The smallest absolute Gasteiger partial charge is 0.225 e. The van der Waals surface area contributed by atoms with E-state index in [4.69, 9.17) is 5.11 Å². The van der Waals surface area contributed by atoms with Gasteiger partial charge in [0.15, 0.2) is 0 Å². The van der Waals surface area contributed by atoms with Gasteiger partial charge in [0.1, 0.15) is 5.75 Å². The van der Waals surface area contributed by atoms with E-state index in [-0.39, 0.29) is 24.2 Å². The number of anilines is 1. The maximum Gasteiger partial charge on any atom is 0.225 e.